The molecule has 1 unspecified atom stereocenters. The number of hydrogen-bond acceptors (Lipinski definition) is 4. The Labute approximate surface area is 177 Å². The molecule has 1 fully saturated rings. The highest BCUT2D eigenvalue weighted by atomic mass is 19.1. The predicted octanol–water partition coefficient (Wildman–Crippen LogP) is 4.33. The lowest BCUT2D eigenvalue weighted by atomic mass is 10.0. The van der Waals surface area contributed by atoms with Crippen LogP contribution in [0.3, 0.4) is 0 Å². The molecule has 1 atom stereocenters. The first kappa shape index (κ1) is 20.6. The van der Waals surface area contributed by atoms with Crippen molar-refractivity contribution in [2.24, 2.45) is 5.92 Å². The summed E-state index contributed by atoms with van der Waals surface area (Å²) in [6.07, 6.45) is 3.02. The molecular weight excluding hydrogens is 381 g/mol. The Morgan fingerprint density at radius 1 is 1.10 bits per heavy atom. The largest absolute Gasteiger partial charge is 0.494 e. The molecule has 5 nitrogen and oxygen atoms in total. The molecule has 3 aromatic rings. The van der Waals surface area contributed by atoms with E-state index in [2.05, 4.69) is 9.47 Å². The van der Waals surface area contributed by atoms with Crippen LogP contribution in [0.1, 0.15) is 6.42 Å². The van der Waals surface area contributed by atoms with E-state index >= 15 is 0 Å². The number of imidazole rings is 1. The fourth-order valence-electron chi connectivity index (χ4n) is 4.21. The molecule has 2 heterocycles. The Morgan fingerprint density at radius 3 is 2.67 bits per heavy atom. The van der Waals surface area contributed by atoms with Gasteiger partial charge < -0.3 is 18.9 Å². The minimum atomic E-state index is -0.367. The van der Waals surface area contributed by atoms with Gasteiger partial charge >= 0.3 is 0 Å². The van der Waals surface area contributed by atoms with E-state index in [4.69, 9.17) is 14.5 Å². The first-order valence-electron chi connectivity index (χ1n) is 10.4. The first-order valence-corrected chi connectivity index (χ1v) is 10.4. The van der Waals surface area contributed by atoms with E-state index in [-0.39, 0.29) is 11.6 Å². The van der Waals surface area contributed by atoms with Gasteiger partial charge in [-0.3, -0.25) is 0 Å². The molecule has 0 saturated carbocycles. The van der Waals surface area contributed by atoms with Crippen LogP contribution in [0, 0.1) is 11.7 Å². The molecule has 158 valence electrons. The van der Waals surface area contributed by atoms with Crippen molar-refractivity contribution in [1.29, 1.82) is 0 Å². The normalized spacial score (nSPS) is 16.8. The highest BCUT2D eigenvalue weighted by molar-refractivity contribution is 5.78. The number of nitrogens with zero attached hydrogens (tertiary/aromatic N) is 3. The Hall–Kier alpha value is -2.70. The van der Waals surface area contributed by atoms with E-state index in [1.165, 1.54) is 7.11 Å². The van der Waals surface area contributed by atoms with Gasteiger partial charge in [0.2, 0.25) is 0 Å². The lowest BCUT2D eigenvalue weighted by molar-refractivity contribution is 0.158. The number of hydrogen-bond donors (Lipinski definition) is 0. The van der Waals surface area contributed by atoms with Crippen molar-refractivity contribution in [3.8, 4) is 28.3 Å². The number of rotatable bonds is 8. The molecule has 1 aromatic heterocycles. The number of methoxy groups -OCH3 is 2. The smallest absolute Gasteiger partial charge is 0.165 e. The Kier molecular flexibility index (Phi) is 6.45. The highest BCUT2D eigenvalue weighted by Gasteiger charge is 2.25. The maximum absolute atomic E-state index is 14.5. The van der Waals surface area contributed by atoms with Crippen LogP contribution in [-0.4, -0.2) is 54.9 Å². The zero-order valence-corrected chi connectivity index (χ0v) is 17.6. The summed E-state index contributed by atoms with van der Waals surface area (Å²) in [6, 6.07) is 15.2. The quantitative estimate of drug-likeness (QED) is 0.555. The van der Waals surface area contributed by atoms with E-state index in [0.717, 1.165) is 61.7 Å². The molecule has 0 amide bonds. The van der Waals surface area contributed by atoms with Crippen LogP contribution in [-0.2, 0) is 11.3 Å². The Morgan fingerprint density at radius 2 is 1.93 bits per heavy atom. The maximum atomic E-state index is 14.5. The molecule has 0 N–H and O–H groups in total. The average molecular weight is 410 g/mol. The van der Waals surface area contributed by atoms with Crippen LogP contribution in [0.2, 0.25) is 0 Å². The lowest BCUT2D eigenvalue weighted by Gasteiger charge is -2.17. The van der Waals surface area contributed by atoms with Crippen LogP contribution in [0.25, 0.3) is 22.5 Å². The summed E-state index contributed by atoms with van der Waals surface area (Å²) in [6.45, 7) is 4.70. The van der Waals surface area contributed by atoms with E-state index < -0.39 is 0 Å². The van der Waals surface area contributed by atoms with Crippen LogP contribution in [0.4, 0.5) is 4.39 Å². The van der Waals surface area contributed by atoms with Gasteiger partial charge in [-0.2, -0.15) is 0 Å². The molecule has 0 spiro atoms. The van der Waals surface area contributed by atoms with Gasteiger partial charge in [0.15, 0.2) is 11.6 Å². The zero-order valence-electron chi connectivity index (χ0n) is 17.6. The van der Waals surface area contributed by atoms with Gasteiger partial charge in [0.25, 0.3) is 0 Å². The number of halogens is 1. The summed E-state index contributed by atoms with van der Waals surface area (Å²) in [4.78, 5) is 7.16. The van der Waals surface area contributed by atoms with E-state index in [1.807, 2.05) is 42.7 Å². The molecule has 1 aliphatic heterocycles. The van der Waals surface area contributed by atoms with Gasteiger partial charge in [-0.1, -0.05) is 30.3 Å². The third-order valence-electron chi connectivity index (χ3n) is 5.75. The van der Waals surface area contributed by atoms with Gasteiger partial charge in [-0.05, 0) is 37.1 Å². The van der Waals surface area contributed by atoms with Gasteiger partial charge in [-0.15, -0.1) is 0 Å². The molecule has 0 aliphatic carbocycles. The molecule has 0 radical (unpaired) electrons. The van der Waals surface area contributed by atoms with Crippen LogP contribution < -0.4 is 4.74 Å². The van der Waals surface area contributed by atoms with Crippen molar-refractivity contribution in [2.45, 2.75) is 13.0 Å². The van der Waals surface area contributed by atoms with Crippen molar-refractivity contribution < 1.29 is 13.9 Å². The van der Waals surface area contributed by atoms with Crippen molar-refractivity contribution in [3.05, 3.63) is 60.7 Å². The van der Waals surface area contributed by atoms with E-state index in [1.54, 1.807) is 19.2 Å². The van der Waals surface area contributed by atoms with E-state index in [9.17, 15) is 4.39 Å². The predicted molar refractivity (Wildman–Crippen MR) is 116 cm³/mol. The molecule has 1 aliphatic rings. The minimum Gasteiger partial charge on any atom is -0.494 e. The topological polar surface area (TPSA) is 39.5 Å². The summed E-state index contributed by atoms with van der Waals surface area (Å²) in [5.41, 5.74) is 3.64. The second-order valence-corrected chi connectivity index (χ2v) is 7.76. The third kappa shape index (κ3) is 4.40. The standard InChI is InChI=1S/C24H28FN3O2/c1-29-13-12-27-11-10-18(15-27)16-28-17-26-23(19-6-4-3-5-7-19)24(28)20-8-9-22(30-2)21(25)14-20/h3-9,14,17-18H,10-13,15-16H2,1-2H3. The number of benzene rings is 2. The lowest BCUT2D eigenvalue weighted by Crippen LogP contribution is -2.25. The van der Waals surface area contributed by atoms with Crippen LogP contribution in [0.15, 0.2) is 54.9 Å². The maximum Gasteiger partial charge on any atom is 0.165 e. The fourth-order valence-corrected chi connectivity index (χ4v) is 4.21. The van der Waals surface area contributed by atoms with Gasteiger partial charge in [0, 0.05) is 37.9 Å². The molecule has 0 bridgehead atoms. The minimum absolute atomic E-state index is 0.246. The van der Waals surface area contributed by atoms with Gasteiger partial charge in [0.1, 0.15) is 0 Å². The molecule has 6 heteroatoms. The molecule has 1 saturated heterocycles. The van der Waals surface area contributed by atoms with Crippen LogP contribution in [0.5, 0.6) is 5.75 Å². The highest BCUT2D eigenvalue weighted by Crippen LogP contribution is 2.34. The van der Waals surface area contributed by atoms with Crippen molar-refractivity contribution in [3.63, 3.8) is 0 Å². The SMILES string of the molecule is COCCN1CCC(Cn2cnc(-c3ccccc3)c2-c2ccc(OC)c(F)c2)C1. The second-order valence-electron chi connectivity index (χ2n) is 7.76. The Balaban J connectivity index is 1.66. The van der Waals surface area contributed by atoms with Gasteiger partial charge in [0.05, 0.1) is 31.4 Å². The summed E-state index contributed by atoms with van der Waals surface area (Å²) >= 11 is 0. The number of aromatic nitrogens is 2. The molecular formula is C24H28FN3O2. The van der Waals surface area contributed by atoms with Crippen molar-refractivity contribution in [1.82, 2.24) is 14.5 Å². The van der Waals surface area contributed by atoms with Gasteiger partial charge in [-0.25, -0.2) is 9.37 Å². The third-order valence-corrected chi connectivity index (χ3v) is 5.75. The molecule has 4 rings (SSSR count). The second kappa shape index (κ2) is 9.41. The van der Waals surface area contributed by atoms with Crippen LogP contribution >= 0.6 is 0 Å². The summed E-state index contributed by atoms with van der Waals surface area (Å²) in [7, 11) is 3.22. The summed E-state index contributed by atoms with van der Waals surface area (Å²) in [5.74, 6) is 0.408. The summed E-state index contributed by atoms with van der Waals surface area (Å²) in [5, 5.41) is 0. The zero-order chi connectivity index (χ0) is 20.9. The van der Waals surface area contributed by atoms with Crippen molar-refractivity contribution in [2.75, 3.05) is 40.5 Å². The average Bonchev–Trinajstić information content (AvgIpc) is 3.40. The number of likely N-dealkylation sites (tertiary alicyclic amines) is 1. The molecule has 30 heavy (non-hydrogen) atoms. The Bertz CT molecular complexity index is 974. The first-order chi connectivity index (χ1) is 14.7. The van der Waals surface area contributed by atoms with Crippen molar-refractivity contribution >= 4 is 0 Å². The molecule has 2 aromatic carbocycles. The summed E-state index contributed by atoms with van der Waals surface area (Å²) < 4.78 is 27.0. The number of ether oxygens (including phenoxy) is 2. The van der Waals surface area contributed by atoms with E-state index in [0.29, 0.717) is 5.92 Å². The monoisotopic (exact) mass is 409 g/mol. The fraction of sp³-hybridized carbons (Fsp3) is 0.375.